The number of piperidine rings is 1. The quantitative estimate of drug-likeness (QED) is 0.507. The molecule has 0 aromatic heterocycles. The number of benzene rings is 3. The topological polar surface area (TPSA) is 40.6 Å². The minimum absolute atomic E-state index is 0.00186. The molecule has 32 heavy (non-hydrogen) atoms. The molecule has 3 aromatic rings. The van der Waals surface area contributed by atoms with E-state index in [-0.39, 0.29) is 17.7 Å². The van der Waals surface area contributed by atoms with Crippen molar-refractivity contribution < 1.29 is 9.59 Å². The van der Waals surface area contributed by atoms with E-state index in [2.05, 4.69) is 24.3 Å². The Morgan fingerprint density at radius 3 is 1.78 bits per heavy atom. The highest BCUT2D eigenvalue weighted by atomic mass is 35.5. The highest BCUT2D eigenvalue weighted by Gasteiger charge is 2.30. The molecule has 4 rings (SSSR count). The molecule has 4 nitrogen and oxygen atoms in total. The van der Waals surface area contributed by atoms with Crippen LogP contribution in [-0.2, 0) is 17.9 Å². The van der Waals surface area contributed by atoms with E-state index in [1.165, 1.54) is 0 Å². The Morgan fingerprint density at radius 1 is 0.781 bits per heavy atom. The molecule has 0 radical (unpaired) electrons. The Kier molecular flexibility index (Phi) is 7.23. The Morgan fingerprint density at radius 2 is 1.28 bits per heavy atom. The summed E-state index contributed by atoms with van der Waals surface area (Å²) in [5.41, 5.74) is 2.87. The molecule has 5 heteroatoms. The van der Waals surface area contributed by atoms with Crippen LogP contribution in [-0.4, -0.2) is 34.7 Å². The molecule has 1 fully saturated rings. The van der Waals surface area contributed by atoms with Gasteiger partial charge in [0.15, 0.2) is 0 Å². The van der Waals surface area contributed by atoms with E-state index in [4.69, 9.17) is 11.6 Å². The van der Waals surface area contributed by atoms with Gasteiger partial charge in [0.25, 0.3) is 5.91 Å². The Labute approximate surface area is 194 Å². The first-order valence-electron chi connectivity index (χ1n) is 11.0. The molecule has 164 valence electrons. The van der Waals surface area contributed by atoms with Gasteiger partial charge in [-0.25, -0.2) is 0 Å². The van der Waals surface area contributed by atoms with Gasteiger partial charge in [0.2, 0.25) is 5.91 Å². The molecular formula is C27H27ClN2O2. The summed E-state index contributed by atoms with van der Waals surface area (Å²) >= 11 is 5.93. The number of likely N-dealkylation sites (tertiary alicyclic amines) is 1. The van der Waals surface area contributed by atoms with Crippen molar-refractivity contribution in [1.29, 1.82) is 0 Å². The van der Waals surface area contributed by atoms with Gasteiger partial charge in [0.05, 0.1) is 0 Å². The van der Waals surface area contributed by atoms with Crippen LogP contribution in [0.5, 0.6) is 0 Å². The molecule has 0 saturated carbocycles. The highest BCUT2D eigenvalue weighted by Crippen LogP contribution is 2.24. The predicted octanol–water partition coefficient (Wildman–Crippen LogP) is 5.42. The minimum Gasteiger partial charge on any atom is -0.339 e. The maximum absolute atomic E-state index is 13.5. The van der Waals surface area contributed by atoms with Gasteiger partial charge in [0.1, 0.15) is 0 Å². The van der Waals surface area contributed by atoms with Crippen molar-refractivity contribution in [3.63, 3.8) is 0 Å². The van der Waals surface area contributed by atoms with E-state index in [1.807, 2.05) is 46.2 Å². The smallest absolute Gasteiger partial charge is 0.253 e. The fraction of sp³-hybridized carbons (Fsp3) is 0.259. The average molecular weight is 447 g/mol. The largest absolute Gasteiger partial charge is 0.339 e. The molecule has 1 heterocycles. The average Bonchev–Trinajstić information content (AvgIpc) is 2.85. The van der Waals surface area contributed by atoms with Crippen molar-refractivity contribution in [1.82, 2.24) is 9.80 Å². The third kappa shape index (κ3) is 5.57. The van der Waals surface area contributed by atoms with Crippen molar-refractivity contribution >= 4 is 23.4 Å². The summed E-state index contributed by atoms with van der Waals surface area (Å²) in [4.78, 5) is 30.1. The lowest BCUT2D eigenvalue weighted by atomic mass is 9.94. The lowest BCUT2D eigenvalue weighted by molar-refractivity contribution is -0.138. The highest BCUT2D eigenvalue weighted by molar-refractivity contribution is 6.30. The number of hydrogen-bond donors (Lipinski definition) is 0. The number of rotatable bonds is 6. The second-order valence-corrected chi connectivity index (χ2v) is 8.68. The van der Waals surface area contributed by atoms with E-state index in [0.29, 0.717) is 49.6 Å². The molecule has 1 aliphatic rings. The zero-order valence-electron chi connectivity index (χ0n) is 18.0. The fourth-order valence-electron chi connectivity index (χ4n) is 4.18. The second kappa shape index (κ2) is 10.5. The van der Waals surface area contributed by atoms with Crippen LogP contribution in [0.4, 0.5) is 0 Å². The number of carbonyl (C=O) groups excluding carboxylic acids is 2. The normalized spacial score (nSPS) is 14.2. The summed E-state index contributed by atoms with van der Waals surface area (Å²) in [6, 6.07) is 27.2. The molecule has 0 aliphatic carbocycles. The molecule has 0 N–H and O–H groups in total. The summed E-state index contributed by atoms with van der Waals surface area (Å²) < 4.78 is 0. The number of nitrogens with zero attached hydrogens (tertiary/aromatic N) is 2. The van der Waals surface area contributed by atoms with E-state index in [1.54, 1.807) is 24.3 Å². The minimum atomic E-state index is -0.0725. The van der Waals surface area contributed by atoms with E-state index < -0.39 is 0 Å². The zero-order chi connectivity index (χ0) is 22.3. The van der Waals surface area contributed by atoms with Gasteiger partial charge in [-0.1, -0.05) is 72.3 Å². The Bertz CT molecular complexity index is 989. The lowest BCUT2D eigenvalue weighted by Crippen LogP contribution is -2.44. The standard InChI is InChI=1S/C27H27ClN2O2/c28-25-13-11-23(12-14-25)26(31)29-17-15-24(16-18-29)27(32)30(19-21-7-3-1-4-8-21)20-22-9-5-2-6-10-22/h1-14,24H,15-20H2. The van der Waals surface area contributed by atoms with E-state index >= 15 is 0 Å². The van der Waals surface area contributed by atoms with Gasteiger partial charge >= 0.3 is 0 Å². The van der Waals surface area contributed by atoms with Crippen molar-refractivity contribution in [2.45, 2.75) is 25.9 Å². The molecular weight excluding hydrogens is 420 g/mol. The molecule has 0 unspecified atom stereocenters. The second-order valence-electron chi connectivity index (χ2n) is 8.24. The summed E-state index contributed by atoms with van der Waals surface area (Å²) in [5.74, 6) is 0.0889. The van der Waals surface area contributed by atoms with Gasteiger partial charge < -0.3 is 9.80 Å². The van der Waals surface area contributed by atoms with Crippen LogP contribution < -0.4 is 0 Å². The third-order valence-corrected chi connectivity index (χ3v) is 6.22. The molecule has 3 aromatic carbocycles. The molecule has 2 amide bonds. The van der Waals surface area contributed by atoms with Crippen molar-refractivity contribution in [3.05, 3.63) is 107 Å². The van der Waals surface area contributed by atoms with Crippen LogP contribution in [0, 0.1) is 5.92 Å². The zero-order valence-corrected chi connectivity index (χ0v) is 18.7. The van der Waals surface area contributed by atoms with Gasteiger partial charge in [-0.3, -0.25) is 9.59 Å². The maximum Gasteiger partial charge on any atom is 0.253 e. The summed E-state index contributed by atoms with van der Waals surface area (Å²) in [6.45, 7) is 2.34. The van der Waals surface area contributed by atoms with Crippen molar-refractivity contribution in [2.75, 3.05) is 13.1 Å². The molecule has 0 bridgehead atoms. The number of halogens is 1. The van der Waals surface area contributed by atoms with Crippen LogP contribution in [0.2, 0.25) is 5.02 Å². The molecule has 1 saturated heterocycles. The number of carbonyl (C=O) groups is 2. The summed E-state index contributed by atoms with van der Waals surface area (Å²) in [5, 5.41) is 0.614. The van der Waals surface area contributed by atoms with Crippen LogP contribution in [0.25, 0.3) is 0 Å². The Hall–Kier alpha value is -3.11. The van der Waals surface area contributed by atoms with E-state index in [9.17, 15) is 9.59 Å². The van der Waals surface area contributed by atoms with Crippen LogP contribution >= 0.6 is 11.6 Å². The van der Waals surface area contributed by atoms with Gasteiger partial charge in [-0.05, 0) is 48.2 Å². The third-order valence-electron chi connectivity index (χ3n) is 5.97. The van der Waals surface area contributed by atoms with Gasteiger partial charge in [-0.2, -0.15) is 0 Å². The fourth-order valence-corrected chi connectivity index (χ4v) is 4.31. The number of amides is 2. The van der Waals surface area contributed by atoms with E-state index in [0.717, 1.165) is 11.1 Å². The van der Waals surface area contributed by atoms with Crippen molar-refractivity contribution in [2.24, 2.45) is 5.92 Å². The maximum atomic E-state index is 13.5. The van der Waals surface area contributed by atoms with Crippen LogP contribution in [0.1, 0.15) is 34.3 Å². The van der Waals surface area contributed by atoms with Gasteiger partial charge in [-0.15, -0.1) is 0 Å². The summed E-state index contributed by atoms with van der Waals surface area (Å²) in [6.07, 6.45) is 1.36. The first-order chi connectivity index (χ1) is 15.6. The monoisotopic (exact) mass is 446 g/mol. The first-order valence-corrected chi connectivity index (χ1v) is 11.4. The SMILES string of the molecule is O=C(c1ccc(Cl)cc1)N1CCC(C(=O)N(Cc2ccccc2)Cc2ccccc2)CC1. The van der Waals surface area contributed by atoms with Crippen molar-refractivity contribution in [3.8, 4) is 0 Å². The van der Waals surface area contributed by atoms with Crippen LogP contribution in [0.15, 0.2) is 84.9 Å². The molecule has 1 aliphatic heterocycles. The molecule has 0 spiro atoms. The lowest BCUT2D eigenvalue weighted by Gasteiger charge is -2.34. The Balaban J connectivity index is 1.42. The number of hydrogen-bond acceptors (Lipinski definition) is 2. The van der Waals surface area contributed by atoms with Gasteiger partial charge in [0, 0.05) is 42.7 Å². The predicted molar refractivity (Wildman–Crippen MR) is 127 cm³/mol. The molecule has 0 atom stereocenters. The van der Waals surface area contributed by atoms with Crippen LogP contribution in [0.3, 0.4) is 0 Å². The first kappa shape index (κ1) is 22.1. The summed E-state index contributed by atoms with van der Waals surface area (Å²) in [7, 11) is 0.